The highest BCUT2D eigenvalue weighted by Gasteiger charge is 2.62. The van der Waals surface area contributed by atoms with Crippen molar-refractivity contribution in [3.63, 3.8) is 0 Å². The predicted octanol–water partition coefficient (Wildman–Crippen LogP) is 6.20. The molecule has 2 nitrogen and oxygen atoms in total. The summed E-state index contributed by atoms with van der Waals surface area (Å²) in [4.78, 5) is 0. The highest BCUT2D eigenvalue weighted by Crippen LogP contribution is 2.69. The first-order valence-corrected chi connectivity index (χ1v) is 11.4. The van der Waals surface area contributed by atoms with E-state index < -0.39 is 0 Å². The molecule has 4 rings (SSSR count). The van der Waals surface area contributed by atoms with Crippen molar-refractivity contribution < 1.29 is 10.2 Å². The highest BCUT2D eigenvalue weighted by atomic mass is 16.3. The number of aliphatic hydroxyl groups excluding tert-OH is 1. The SMILES string of the molecule is CCCCCC[C@H]1C[C@@]2(C)[C@@H](CC[C@@H]2O)[C@]2(C)CCc3cc(O)ccc3[C@@H]12. The fourth-order valence-corrected chi connectivity index (χ4v) is 7.57. The number of phenols is 1. The second-order valence-corrected chi connectivity index (χ2v) is 10.3. The molecule has 0 heterocycles. The lowest BCUT2D eigenvalue weighted by atomic mass is 9.44. The number of unbranched alkanes of at least 4 members (excludes halogenated alkanes) is 3. The number of benzene rings is 1. The van der Waals surface area contributed by atoms with E-state index in [0.717, 1.165) is 12.8 Å². The van der Waals surface area contributed by atoms with Gasteiger partial charge in [0.1, 0.15) is 5.75 Å². The van der Waals surface area contributed by atoms with Crippen LogP contribution >= 0.6 is 0 Å². The summed E-state index contributed by atoms with van der Waals surface area (Å²) in [6, 6.07) is 6.14. The van der Waals surface area contributed by atoms with Crippen molar-refractivity contribution in [1.29, 1.82) is 0 Å². The molecule has 0 aromatic heterocycles. The van der Waals surface area contributed by atoms with Crippen LogP contribution in [0, 0.1) is 22.7 Å². The summed E-state index contributed by atoms with van der Waals surface area (Å²) in [7, 11) is 0. The van der Waals surface area contributed by atoms with Gasteiger partial charge in [0.2, 0.25) is 0 Å². The van der Waals surface area contributed by atoms with E-state index >= 15 is 0 Å². The van der Waals surface area contributed by atoms with E-state index in [0.29, 0.717) is 23.5 Å². The lowest BCUT2D eigenvalue weighted by molar-refractivity contribution is -0.0948. The molecule has 6 atom stereocenters. The average molecular weight is 371 g/mol. The Morgan fingerprint density at radius 2 is 1.89 bits per heavy atom. The van der Waals surface area contributed by atoms with Gasteiger partial charge in [-0.05, 0) is 90.4 Å². The minimum atomic E-state index is -0.125. The summed E-state index contributed by atoms with van der Waals surface area (Å²) in [5, 5.41) is 20.9. The molecule has 150 valence electrons. The summed E-state index contributed by atoms with van der Waals surface area (Å²) >= 11 is 0. The number of aryl methyl sites for hydroxylation is 1. The molecule has 3 aliphatic carbocycles. The summed E-state index contributed by atoms with van der Waals surface area (Å²) < 4.78 is 0. The van der Waals surface area contributed by atoms with Crippen LogP contribution in [0.3, 0.4) is 0 Å². The Hall–Kier alpha value is -1.02. The van der Waals surface area contributed by atoms with E-state index in [1.807, 2.05) is 12.1 Å². The third kappa shape index (κ3) is 3.03. The highest BCUT2D eigenvalue weighted by molar-refractivity contribution is 5.42. The Morgan fingerprint density at radius 1 is 1.07 bits per heavy atom. The zero-order chi connectivity index (χ0) is 19.2. The van der Waals surface area contributed by atoms with Crippen LogP contribution in [-0.2, 0) is 6.42 Å². The molecule has 2 saturated carbocycles. The molecule has 0 unspecified atom stereocenters. The molecule has 0 bridgehead atoms. The van der Waals surface area contributed by atoms with E-state index in [1.54, 1.807) is 0 Å². The fourth-order valence-electron chi connectivity index (χ4n) is 7.57. The number of aliphatic hydroxyl groups is 1. The van der Waals surface area contributed by atoms with E-state index in [9.17, 15) is 10.2 Å². The summed E-state index contributed by atoms with van der Waals surface area (Å²) in [6.45, 7) is 7.21. The molecule has 1 aromatic rings. The normalized spacial score (nSPS) is 40.3. The van der Waals surface area contributed by atoms with Crippen LogP contribution in [0.15, 0.2) is 18.2 Å². The van der Waals surface area contributed by atoms with Crippen molar-refractivity contribution in [2.75, 3.05) is 0 Å². The van der Waals surface area contributed by atoms with Gasteiger partial charge < -0.3 is 10.2 Å². The van der Waals surface area contributed by atoms with Crippen LogP contribution in [-0.4, -0.2) is 16.3 Å². The molecule has 3 aliphatic rings. The minimum Gasteiger partial charge on any atom is -0.508 e. The lowest BCUT2D eigenvalue weighted by Gasteiger charge is -2.60. The zero-order valence-electron chi connectivity index (χ0n) is 17.5. The van der Waals surface area contributed by atoms with Crippen LogP contribution in [0.2, 0.25) is 0 Å². The smallest absolute Gasteiger partial charge is 0.115 e. The van der Waals surface area contributed by atoms with Crippen LogP contribution in [0.4, 0.5) is 0 Å². The maximum absolute atomic E-state index is 10.9. The summed E-state index contributed by atoms with van der Waals surface area (Å²) in [6.07, 6.45) is 12.0. The van der Waals surface area contributed by atoms with Crippen molar-refractivity contribution in [3.05, 3.63) is 29.3 Å². The maximum atomic E-state index is 10.9. The summed E-state index contributed by atoms with van der Waals surface area (Å²) in [5.74, 6) is 2.28. The Labute approximate surface area is 165 Å². The van der Waals surface area contributed by atoms with E-state index in [1.165, 1.54) is 62.5 Å². The second-order valence-electron chi connectivity index (χ2n) is 10.3. The van der Waals surface area contributed by atoms with Gasteiger partial charge in [-0.25, -0.2) is 0 Å². The number of aromatic hydroxyl groups is 1. The topological polar surface area (TPSA) is 40.5 Å². The Balaban J connectivity index is 1.71. The van der Waals surface area contributed by atoms with E-state index in [-0.39, 0.29) is 16.9 Å². The zero-order valence-corrected chi connectivity index (χ0v) is 17.5. The Bertz CT molecular complexity index is 683. The van der Waals surface area contributed by atoms with Crippen LogP contribution in [0.5, 0.6) is 5.75 Å². The monoisotopic (exact) mass is 370 g/mol. The minimum absolute atomic E-state index is 0.0924. The van der Waals surface area contributed by atoms with Gasteiger partial charge in [-0.15, -0.1) is 0 Å². The fraction of sp³-hybridized carbons (Fsp3) is 0.760. The molecule has 0 aliphatic heterocycles. The molecule has 2 N–H and O–H groups in total. The lowest BCUT2D eigenvalue weighted by Crippen LogP contribution is -2.53. The van der Waals surface area contributed by atoms with Crippen molar-refractivity contribution in [2.45, 2.75) is 97.0 Å². The molecule has 2 fully saturated rings. The molecular weight excluding hydrogens is 332 g/mol. The van der Waals surface area contributed by atoms with Crippen LogP contribution < -0.4 is 0 Å². The van der Waals surface area contributed by atoms with Gasteiger partial charge in [0, 0.05) is 0 Å². The molecule has 1 aromatic carbocycles. The molecule has 27 heavy (non-hydrogen) atoms. The van der Waals surface area contributed by atoms with Gasteiger partial charge in [0.25, 0.3) is 0 Å². The van der Waals surface area contributed by atoms with Crippen molar-refractivity contribution >= 4 is 0 Å². The molecule has 0 radical (unpaired) electrons. The summed E-state index contributed by atoms with van der Waals surface area (Å²) in [5.41, 5.74) is 3.25. The Kier molecular flexibility index (Phi) is 5.08. The van der Waals surface area contributed by atoms with Crippen molar-refractivity contribution in [2.24, 2.45) is 22.7 Å². The van der Waals surface area contributed by atoms with Crippen molar-refractivity contribution in [1.82, 2.24) is 0 Å². The van der Waals surface area contributed by atoms with Crippen LogP contribution in [0.25, 0.3) is 0 Å². The van der Waals surface area contributed by atoms with Crippen LogP contribution in [0.1, 0.15) is 95.6 Å². The van der Waals surface area contributed by atoms with Gasteiger partial charge in [0.05, 0.1) is 6.10 Å². The molecule has 0 saturated heterocycles. The first-order valence-electron chi connectivity index (χ1n) is 11.4. The molecule has 0 spiro atoms. The quantitative estimate of drug-likeness (QED) is 0.606. The van der Waals surface area contributed by atoms with Gasteiger partial charge >= 0.3 is 0 Å². The van der Waals surface area contributed by atoms with Gasteiger partial charge in [-0.1, -0.05) is 52.5 Å². The predicted molar refractivity (Wildman–Crippen MR) is 111 cm³/mol. The number of fused-ring (bicyclic) bond motifs is 5. The number of phenolic OH excluding ortho intramolecular Hbond substituents is 1. The largest absolute Gasteiger partial charge is 0.508 e. The van der Waals surface area contributed by atoms with Gasteiger partial charge in [-0.3, -0.25) is 0 Å². The van der Waals surface area contributed by atoms with Gasteiger partial charge in [-0.2, -0.15) is 0 Å². The van der Waals surface area contributed by atoms with E-state index in [4.69, 9.17) is 0 Å². The molecule has 0 amide bonds. The third-order valence-electron chi connectivity index (χ3n) is 8.79. The second kappa shape index (κ2) is 7.10. The molecular formula is C25H38O2. The molecule has 2 heteroatoms. The average Bonchev–Trinajstić information content (AvgIpc) is 2.94. The van der Waals surface area contributed by atoms with Gasteiger partial charge in [0.15, 0.2) is 0 Å². The van der Waals surface area contributed by atoms with E-state index in [2.05, 4.69) is 26.8 Å². The maximum Gasteiger partial charge on any atom is 0.115 e. The number of hydrogen-bond donors (Lipinski definition) is 2. The first-order chi connectivity index (χ1) is 12.9. The number of hydrogen-bond acceptors (Lipinski definition) is 2. The Morgan fingerprint density at radius 3 is 2.67 bits per heavy atom. The standard InChI is InChI=1S/C25H38O2/c1-4-5-6-7-8-18-16-25(3)21(11-12-22(25)27)24(2)14-13-17-15-19(26)9-10-20(17)23(18)24/h9-10,15,18,21-23,26-27H,4-8,11-14,16H2,1-3H3/t18-,21-,22-,23+,24-,25-/m0/s1. The number of rotatable bonds is 5. The third-order valence-corrected chi connectivity index (χ3v) is 8.79. The van der Waals surface area contributed by atoms with Crippen molar-refractivity contribution in [3.8, 4) is 5.75 Å². The first kappa shape index (κ1) is 19.3.